The van der Waals surface area contributed by atoms with Crippen molar-refractivity contribution >= 4 is 10.8 Å². The number of benzene rings is 4. The van der Waals surface area contributed by atoms with Gasteiger partial charge in [0.2, 0.25) is 0 Å². The van der Waals surface area contributed by atoms with Crippen LogP contribution in [0.4, 0.5) is 4.39 Å². The van der Waals surface area contributed by atoms with Gasteiger partial charge >= 0.3 is 0 Å². The molecule has 0 fully saturated rings. The molecule has 4 aromatic rings. The average molecular weight is 449 g/mol. The largest absolute Gasteiger partial charge is 0.206 e. The lowest BCUT2D eigenvalue weighted by Gasteiger charge is -2.08. The Morgan fingerprint density at radius 2 is 1.29 bits per heavy atom. The summed E-state index contributed by atoms with van der Waals surface area (Å²) in [6, 6.07) is 26.4. The molecule has 4 aromatic carbocycles. The topological polar surface area (TPSA) is 0 Å². The highest BCUT2D eigenvalue weighted by Crippen LogP contribution is 2.30. The molecule has 1 heteroatoms. The number of rotatable bonds is 8. The summed E-state index contributed by atoms with van der Waals surface area (Å²) in [5.74, 6) is 6.33. The number of aryl methyl sites for hydroxylation is 2. The van der Waals surface area contributed by atoms with Crippen molar-refractivity contribution in [1.29, 1.82) is 0 Å². The van der Waals surface area contributed by atoms with E-state index in [0.717, 1.165) is 41.3 Å². The molecule has 0 radical (unpaired) electrons. The molecular formula is C33H33F. The Hall–Kier alpha value is -3.37. The van der Waals surface area contributed by atoms with Crippen LogP contribution >= 0.6 is 0 Å². The smallest absolute Gasteiger partial charge is 0.138 e. The molecule has 0 nitrogen and oxygen atoms in total. The van der Waals surface area contributed by atoms with Gasteiger partial charge in [0.1, 0.15) is 5.82 Å². The molecule has 0 amide bonds. The van der Waals surface area contributed by atoms with E-state index < -0.39 is 0 Å². The van der Waals surface area contributed by atoms with Crippen LogP contribution in [-0.4, -0.2) is 0 Å². The summed E-state index contributed by atoms with van der Waals surface area (Å²) in [6.07, 6.45) is 8.42. The van der Waals surface area contributed by atoms with Gasteiger partial charge in [-0.2, -0.15) is 0 Å². The molecule has 172 valence electrons. The van der Waals surface area contributed by atoms with E-state index in [0.29, 0.717) is 10.9 Å². The number of hydrogen-bond acceptors (Lipinski definition) is 0. The minimum Gasteiger partial charge on any atom is -0.206 e. The third kappa shape index (κ3) is 5.95. The Morgan fingerprint density at radius 1 is 0.618 bits per heavy atom. The van der Waals surface area contributed by atoms with Gasteiger partial charge in [-0.05, 0) is 65.6 Å². The summed E-state index contributed by atoms with van der Waals surface area (Å²) in [5, 5.41) is 1.51. The second-order valence-corrected chi connectivity index (χ2v) is 9.07. The van der Waals surface area contributed by atoms with Gasteiger partial charge in [-0.15, -0.1) is 0 Å². The van der Waals surface area contributed by atoms with Gasteiger partial charge < -0.3 is 0 Å². The first kappa shape index (κ1) is 23.8. The van der Waals surface area contributed by atoms with Crippen molar-refractivity contribution in [2.24, 2.45) is 0 Å². The van der Waals surface area contributed by atoms with Crippen molar-refractivity contribution in [3.63, 3.8) is 0 Å². The molecule has 0 saturated carbocycles. The van der Waals surface area contributed by atoms with Crippen LogP contribution in [0, 0.1) is 17.7 Å². The van der Waals surface area contributed by atoms with Crippen molar-refractivity contribution in [3.05, 3.63) is 107 Å². The molecule has 0 aliphatic heterocycles. The summed E-state index contributed by atoms with van der Waals surface area (Å²) in [4.78, 5) is 0. The first-order valence-electron chi connectivity index (χ1n) is 12.6. The highest BCUT2D eigenvalue weighted by atomic mass is 19.1. The first-order chi connectivity index (χ1) is 16.7. The molecule has 0 N–H and O–H groups in total. The van der Waals surface area contributed by atoms with Crippen molar-refractivity contribution in [2.45, 2.75) is 58.8 Å². The Bertz CT molecular complexity index is 1280. The minimum atomic E-state index is -0.172. The van der Waals surface area contributed by atoms with E-state index in [-0.39, 0.29) is 5.82 Å². The Morgan fingerprint density at radius 3 is 2.03 bits per heavy atom. The van der Waals surface area contributed by atoms with Crippen LogP contribution in [0.15, 0.2) is 78.9 Å². The lowest BCUT2D eigenvalue weighted by molar-refractivity contribution is 0.643. The van der Waals surface area contributed by atoms with Crippen LogP contribution < -0.4 is 0 Å². The molecular weight excluding hydrogens is 415 g/mol. The van der Waals surface area contributed by atoms with Gasteiger partial charge in [0, 0.05) is 22.1 Å². The van der Waals surface area contributed by atoms with E-state index in [2.05, 4.69) is 62.1 Å². The third-order valence-corrected chi connectivity index (χ3v) is 6.38. The number of unbranched alkanes of at least 4 members (excludes halogenated alkanes) is 3. The molecule has 0 unspecified atom stereocenters. The third-order valence-electron chi connectivity index (χ3n) is 6.38. The Balaban J connectivity index is 1.49. The van der Waals surface area contributed by atoms with E-state index >= 15 is 4.39 Å². The van der Waals surface area contributed by atoms with Gasteiger partial charge in [0.25, 0.3) is 0 Å². The summed E-state index contributed by atoms with van der Waals surface area (Å²) >= 11 is 0. The maximum absolute atomic E-state index is 15.3. The van der Waals surface area contributed by atoms with E-state index in [1.165, 1.54) is 36.8 Å². The van der Waals surface area contributed by atoms with Crippen molar-refractivity contribution < 1.29 is 4.39 Å². The molecule has 0 aromatic heterocycles. The molecule has 0 heterocycles. The lowest BCUT2D eigenvalue weighted by atomic mass is 9.97. The van der Waals surface area contributed by atoms with Crippen LogP contribution in [0.1, 0.15) is 68.2 Å². The SMILES string of the molecule is CCCCCCc1ccc(C#Cc2ccc3c(F)c(-c4ccc(CCC)cc4)ccc3c2)cc1. The van der Waals surface area contributed by atoms with Crippen LogP contribution in [-0.2, 0) is 12.8 Å². The molecule has 0 atom stereocenters. The summed E-state index contributed by atoms with van der Waals surface area (Å²) in [6.45, 7) is 4.41. The molecule has 0 saturated heterocycles. The zero-order valence-corrected chi connectivity index (χ0v) is 20.3. The number of hydrogen-bond donors (Lipinski definition) is 0. The highest BCUT2D eigenvalue weighted by Gasteiger charge is 2.10. The maximum atomic E-state index is 15.3. The van der Waals surface area contributed by atoms with Gasteiger partial charge in [-0.3, -0.25) is 0 Å². The standard InChI is InChI=1S/C33H33F/c1-3-5-6-7-9-26-10-12-27(13-11-26)14-15-28-18-22-32-30(24-28)21-23-31(33(32)34)29-19-16-25(8-4-2)17-20-29/h10-13,16-24H,3-9H2,1-2H3. The quantitative estimate of drug-likeness (QED) is 0.186. The van der Waals surface area contributed by atoms with E-state index in [9.17, 15) is 0 Å². The second-order valence-electron chi connectivity index (χ2n) is 9.07. The zero-order chi connectivity index (χ0) is 23.8. The second kappa shape index (κ2) is 11.7. The van der Waals surface area contributed by atoms with Gasteiger partial charge in [-0.25, -0.2) is 4.39 Å². The van der Waals surface area contributed by atoms with Gasteiger partial charge in [0.05, 0.1) is 0 Å². The lowest BCUT2D eigenvalue weighted by Crippen LogP contribution is -1.89. The van der Waals surface area contributed by atoms with Crippen molar-refractivity contribution in [2.75, 3.05) is 0 Å². The molecule has 34 heavy (non-hydrogen) atoms. The average Bonchev–Trinajstić information content (AvgIpc) is 2.87. The van der Waals surface area contributed by atoms with Crippen LogP contribution in [0.3, 0.4) is 0 Å². The van der Waals surface area contributed by atoms with Gasteiger partial charge in [-0.1, -0.05) is 106 Å². The Kier molecular flexibility index (Phi) is 8.16. The van der Waals surface area contributed by atoms with Gasteiger partial charge in [0.15, 0.2) is 0 Å². The zero-order valence-electron chi connectivity index (χ0n) is 20.3. The predicted octanol–water partition coefficient (Wildman–Crippen LogP) is 9.12. The normalized spacial score (nSPS) is 10.8. The van der Waals surface area contributed by atoms with Crippen molar-refractivity contribution in [1.82, 2.24) is 0 Å². The van der Waals surface area contributed by atoms with E-state index in [1.54, 1.807) is 0 Å². The minimum absolute atomic E-state index is 0.172. The maximum Gasteiger partial charge on any atom is 0.138 e. The first-order valence-corrected chi connectivity index (χ1v) is 12.6. The molecule has 0 aliphatic carbocycles. The number of halogens is 1. The molecule has 0 aliphatic rings. The molecule has 0 spiro atoms. The fraction of sp³-hybridized carbons (Fsp3) is 0.273. The Labute approximate surface area is 203 Å². The summed E-state index contributed by atoms with van der Waals surface area (Å²) in [5.41, 5.74) is 6.12. The van der Waals surface area contributed by atoms with Crippen LogP contribution in [0.25, 0.3) is 21.9 Å². The van der Waals surface area contributed by atoms with Crippen molar-refractivity contribution in [3.8, 4) is 23.0 Å². The molecule has 0 bridgehead atoms. The monoisotopic (exact) mass is 448 g/mol. The fourth-order valence-electron chi connectivity index (χ4n) is 4.39. The van der Waals surface area contributed by atoms with E-state index in [4.69, 9.17) is 0 Å². The molecule has 4 rings (SSSR count). The predicted molar refractivity (Wildman–Crippen MR) is 144 cm³/mol. The van der Waals surface area contributed by atoms with Crippen LogP contribution in [0.5, 0.6) is 0 Å². The van der Waals surface area contributed by atoms with E-state index in [1.807, 2.05) is 42.5 Å². The highest BCUT2D eigenvalue weighted by molar-refractivity contribution is 5.89. The summed E-state index contributed by atoms with van der Waals surface area (Å²) in [7, 11) is 0. The summed E-state index contributed by atoms with van der Waals surface area (Å²) < 4.78 is 15.3. The van der Waals surface area contributed by atoms with Crippen LogP contribution in [0.2, 0.25) is 0 Å². The number of fused-ring (bicyclic) bond motifs is 1. The fourth-order valence-corrected chi connectivity index (χ4v) is 4.39.